The van der Waals surface area contributed by atoms with Crippen LogP contribution in [0.25, 0.3) is 0 Å². The van der Waals surface area contributed by atoms with Crippen LogP contribution in [0.15, 0.2) is 12.3 Å². The van der Waals surface area contributed by atoms with Crippen molar-refractivity contribution in [1.82, 2.24) is 0 Å². The van der Waals surface area contributed by atoms with Crippen LogP contribution in [-0.4, -0.2) is 36.4 Å². The monoisotopic (exact) mass is 258 g/mol. The van der Waals surface area contributed by atoms with Crippen LogP contribution in [0.4, 0.5) is 9.59 Å². The second-order valence-corrected chi connectivity index (χ2v) is 4.83. The zero-order valence-electron chi connectivity index (χ0n) is 10.2. The molecule has 0 aromatic carbocycles. The Morgan fingerprint density at radius 1 is 1.33 bits per heavy atom. The van der Waals surface area contributed by atoms with Crippen molar-refractivity contribution in [3.8, 4) is 0 Å². The van der Waals surface area contributed by atoms with Gasteiger partial charge in [0.1, 0.15) is 5.60 Å². The molecule has 3 atom stereocenters. The molecule has 2 rings (SSSR count). The third-order valence-corrected chi connectivity index (χ3v) is 2.14. The second-order valence-electron chi connectivity index (χ2n) is 4.83. The van der Waals surface area contributed by atoms with Crippen LogP contribution in [-0.2, 0) is 23.7 Å². The van der Waals surface area contributed by atoms with Crippen LogP contribution >= 0.6 is 0 Å². The highest BCUT2D eigenvalue weighted by molar-refractivity contribution is 5.64. The predicted molar refractivity (Wildman–Crippen MR) is 56.5 cm³/mol. The first-order valence-electron chi connectivity index (χ1n) is 5.44. The van der Waals surface area contributed by atoms with Gasteiger partial charge in [0.25, 0.3) is 6.29 Å². The van der Waals surface area contributed by atoms with E-state index in [0.29, 0.717) is 0 Å². The number of carbonyl (C=O) groups excluding carboxylic acids is 2. The van der Waals surface area contributed by atoms with Gasteiger partial charge in [-0.1, -0.05) is 0 Å². The summed E-state index contributed by atoms with van der Waals surface area (Å²) in [5, 5.41) is 0. The van der Waals surface area contributed by atoms with Crippen molar-refractivity contribution in [2.45, 2.75) is 44.9 Å². The first-order valence-corrected chi connectivity index (χ1v) is 5.44. The van der Waals surface area contributed by atoms with Gasteiger partial charge < -0.3 is 23.7 Å². The van der Waals surface area contributed by atoms with Gasteiger partial charge in [-0.25, -0.2) is 9.59 Å². The SMILES string of the molecule is CC(C)(C)OC(=O)O[C@H]1OC=C[C@H]2OC(=O)O[C@@H]12. The maximum Gasteiger partial charge on any atom is 0.512 e. The van der Waals surface area contributed by atoms with Gasteiger partial charge in [-0.15, -0.1) is 0 Å². The highest BCUT2D eigenvalue weighted by Crippen LogP contribution is 2.26. The van der Waals surface area contributed by atoms with Crippen molar-refractivity contribution in [2.24, 2.45) is 0 Å². The molecule has 0 spiro atoms. The van der Waals surface area contributed by atoms with E-state index in [1.165, 1.54) is 12.3 Å². The van der Waals surface area contributed by atoms with Gasteiger partial charge in [0.15, 0.2) is 6.10 Å². The van der Waals surface area contributed by atoms with Crippen molar-refractivity contribution in [2.75, 3.05) is 0 Å². The van der Waals surface area contributed by atoms with Gasteiger partial charge in [0.05, 0.1) is 6.26 Å². The van der Waals surface area contributed by atoms with E-state index in [1.807, 2.05) is 0 Å². The number of carbonyl (C=O) groups is 2. The fourth-order valence-corrected chi connectivity index (χ4v) is 1.48. The van der Waals surface area contributed by atoms with E-state index in [-0.39, 0.29) is 0 Å². The molecule has 0 radical (unpaired) electrons. The van der Waals surface area contributed by atoms with Crippen molar-refractivity contribution in [1.29, 1.82) is 0 Å². The molecule has 0 amide bonds. The zero-order chi connectivity index (χ0) is 13.3. The Kier molecular flexibility index (Phi) is 3.06. The lowest BCUT2D eigenvalue weighted by Gasteiger charge is -2.27. The van der Waals surface area contributed by atoms with Crippen LogP contribution in [0.3, 0.4) is 0 Å². The summed E-state index contributed by atoms with van der Waals surface area (Å²) in [5.41, 5.74) is -0.677. The Bertz CT molecular complexity index is 381. The number of fused-ring (bicyclic) bond motifs is 1. The fourth-order valence-electron chi connectivity index (χ4n) is 1.48. The average molecular weight is 258 g/mol. The lowest BCUT2D eigenvalue weighted by atomic mass is 10.2. The first-order chi connectivity index (χ1) is 8.35. The highest BCUT2D eigenvalue weighted by Gasteiger charge is 2.46. The Labute approximate surface area is 104 Å². The van der Waals surface area contributed by atoms with E-state index < -0.39 is 36.4 Å². The lowest BCUT2D eigenvalue weighted by molar-refractivity contribution is -0.158. The van der Waals surface area contributed by atoms with Gasteiger partial charge in [0.2, 0.25) is 6.10 Å². The molecule has 2 aliphatic rings. The summed E-state index contributed by atoms with van der Waals surface area (Å²) in [7, 11) is 0. The summed E-state index contributed by atoms with van der Waals surface area (Å²) in [5.74, 6) is 0. The summed E-state index contributed by atoms with van der Waals surface area (Å²) >= 11 is 0. The highest BCUT2D eigenvalue weighted by atomic mass is 16.8. The number of rotatable bonds is 1. The van der Waals surface area contributed by atoms with Crippen LogP contribution < -0.4 is 0 Å². The predicted octanol–water partition coefficient (Wildman–Crippen LogP) is 1.71. The second kappa shape index (κ2) is 4.40. The molecule has 0 N–H and O–H groups in total. The van der Waals surface area contributed by atoms with Crippen molar-refractivity contribution >= 4 is 12.3 Å². The molecule has 1 fully saturated rings. The summed E-state index contributed by atoms with van der Waals surface area (Å²) in [6.45, 7) is 5.12. The smallest absolute Gasteiger partial charge is 0.459 e. The molecule has 2 heterocycles. The summed E-state index contributed by atoms with van der Waals surface area (Å²) in [4.78, 5) is 22.4. The molecule has 18 heavy (non-hydrogen) atoms. The average Bonchev–Trinajstić information content (AvgIpc) is 2.56. The Morgan fingerprint density at radius 3 is 2.72 bits per heavy atom. The topological polar surface area (TPSA) is 80.3 Å². The lowest BCUT2D eigenvalue weighted by Crippen LogP contribution is -2.42. The third-order valence-electron chi connectivity index (χ3n) is 2.14. The summed E-state index contributed by atoms with van der Waals surface area (Å²) < 4.78 is 24.6. The van der Waals surface area contributed by atoms with Crippen molar-refractivity contribution in [3.63, 3.8) is 0 Å². The van der Waals surface area contributed by atoms with Crippen LogP contribution in [0.1, 0.15) is 20.8 Å². The molecule has 7 nitrogen and oxygen atoms in total. The zero-order valence-corrected chi connectivity index (χ0v) is 10.2. The van der Waals surface area contributed by atoms with Crippen LogP contribution in [0.5, 0.6) is 0 Å². The van der Waals surface area contributed by atoms with Gasteiger partial charge >= 0.3 is 12.3 Å². The summed E-state index contributed by atoms with van der Waals surface area (Å²) in [6.07, 6.45) is -1.42. The maximum atomic E-state index is 11.5. The quantitative estimate of drug-likeness (QED) is 0.662. The molecule has 0 aromatic rings. The van der Waals surface area contributed by atoms with Crippen molar-refractivity contribution < 1.29 is 33.3 Å². The maximum absolute atomic E-state index is 11.5. The van der Waals surface area contributed by atoms with Crippen LogP contribution in [0.2, 0.25) is 0 Å². The summed E-state index contributed by atoms with van der Waals surface area (Å²) in [6, 6.07) is 0. The Hall–Kier alpha value is -1.92. The normalized spacial score (nSPS) is 29.7. The molecule has 0 saturated carbocycles. The first kappa shape index (κ1) is 12.5. The minimum absolute atomic E-state index is 0.612. The molecule has 0 aromatic heterocycles. The fraction of sp³-hybridized carbons (Fsp3) is 0.636. The minimum atomic E-state index is -1.07. The molecule has 0 aliphatic carbocycles. The van der Waals surface area contributed by atoms with E-state index in [4.69, 9.17) is 23.7 Å². The number of ether oxygens (including phenoxy) is 5. The molecule has 2 aliphatic heterocycles. The van der Waals surface area contributed by atoms with E-state index in [1.54, 1.807) is 20.8 Å². The van der Waals surface area contributed by atoms with Crippen molar-refractivity contribution in [3.05, 3.63) is 12.3 Å². The van der Waals surface area contributed by atoms with E-state index >= 15 is 0 Å². The molecule has 0 bridgehead atoms. The largest absolute Gasteiger partial charge is 0.512 e. The van der Waals surface area contributed by atoms with E-state index in [2.05, 4.69) is 0 Å². The Balaban J connectivity index is 1.95. The standard InChI is InChI=1S/C11H14O7/c1-11(2,3)18-10(13)17-8-7-6(4-5-14-8)15-9(12)16-7/h4-8H,1-3H3/t6-,7-,8-/m1/s1. The van der Waals surface area contributed by atoms with Crippen LogP contribution in [0, 0.1) is 0 Å². The van der Waals surface area contributed by atoms with Gasteiger partial charge in [-0.3, -0.25) is 0 Å². The van der Waals surface area contributed by atoms with E-state index in [0.717, 1.165) is 0 Å². The van der Waals surface area contributed by atoms with Gasteiger partial charge in [-0.05, 0) is 26.8 Å². The minimum Gasteiger partial charge on any atom is -0.459 e. The molecule has 7 heteroatoms. The van der Waals surface area contributed by atoms with Gasteiger partial charge in [-0.2, -0.15) is 0 Å². The number of hydrogen-bond donors (Lipinski definition) is 0. The number of hydrogen-bond acceptors (Lipinski definition) is 7. The molecular weight excluding hydrogens is 244 g/mol. The molecule has 1 saturated heterocycles. The Morgan fingerprint density at radius 2 is 2.06 bits per heavy atom. The van der Waals surface area contributed by atoms with Gasteiger partial charge in [0, 0.05) is 0 Å². The third kappa shape index (κ3) is 2.85. The molecular formula is C11H14O7. The molecule has 100 valence electrons. The van der Waals surface area contributed by atoms with E-state index in [9.17, 15) is 9.59 Å². The molecule has 0 unspecified atom stereocenters.